The third-order valence-electron chi connectivity index (χ3n) is 6.79. The van der Waals surface area contributed by atoms with E-state index < -0.39 is 20.8 Å². The Balaban J connectivity index is 0.000000726. The van der Waals surface area contributed by atoms with Crippen molar-refractivity contribution >= 4 is 89.9 Å². The number of carbonyl (C=O) groups excluding carboxylic acids is 2. The first-order valence-corrected chi connectivity index (χ1v) is 21.1. The highest BCUT2D eigenvalue weighted by atomic mass is 33.1. The van der Waals surface area contributed by atoms with Crippen LogP contribution in [0.1, 0.15) is 35.4 Å². The lowest BCUT2D eigenvalue weighted by atomic mass is 10.1. The Morgan fingerprint density at radius 2 is 0.944 bits per heavy atom. The maximum Gasteiger partial charge on any atom is 0.225 e. The number of amides is 2. The third-order valence-corrected chi connectivity index (χ3v) is 10.0. The highest BCUT2D eigenvalue weighted by Crippen LogP contribution is 2.23. The van der Waals surface area contributed by atoms with E-state index in [1.165, 1.54) is 0 Å². The van der Waals surface area contributed by atoms with Gasteiger partial charge in [-0.3, -0.25) is 18.0 Å². The molecule has 2 N–H and O–H groups in total. The van der Waals surface area contributed by atoms with Crippen LogP contribution in [0.5, 0.6) is 0 Å². The zero-order valence-corrected chi connectivity index (χ0v) is 33.3. The van der Waals surface area contributed by atoms with Crippen LogP contribution < -0.4 is 19.8 Å². The number of hydrogen-bond acceptors (Lipinski definition) is 12. The standard InChI is InChI=1S/C34H34N4O2S2.2CH4O4S/c1-37-23-5-3-7-31(37)19-13-27-9-15-29(16-10-27)35-33(39)21-25-41-42-26-22-34(40)36-30-17-11-28(12-18-30)14-20-32-8-4-6-24-38(32)2;2*1-5-6(2,3)4/h3-20,23-24H,21-22,25-26H2,1-2H3;2*1H3,(H,2,3,4). The van der Waals surface area contributed by atoms with Crippen LogP contribution in [0.25, 0.3) is 24.3 Å². The average molecular weight is 819 g/mol. The van der Waals surface area contributed by atoms with Crippen molar-refractivity contribution in [2.45, 2.75) is 12.8 Å². The van der Waals surface area contributed by atoms with Crippen LogP contribution in [0.15, 0.2) is 97.3 Å². The molecule has 18 heteroatoms. The highest BCUT2D eigenvalue weighted by molar-refractivity contribution is 8.76. The highest BCUT2D eigenvalue weighted by Gasteiger charge is 2.06. The number of aromatic nitrogens is 2. The number of carbonyl (C=O) groups is 2. The Labute approximate surface area is 324 Å². The van der Waals surface area contributed by atoms with Gasteiger partial charge in [0.25, 0.3) is 0 Å². The van der Waals surface area contributed by atoms with E-state index in [4.69, 9.17) is 0 Å². The molecule has 0 fully saturated rings. The molecule has 0 unspecified atom stereocenters. The fourth-order valence-corrected chi connectivity index (χ4v) is 5.95. The zero-order valence-electron chi connectivity index (χ0n) is 30.0. The second-order valence-electron chi connectivity index (χ2n) is 10.8. The quantitative estimate of drug-likeness (QED) is 0.0557. The van der Waals surface area contributed by atoms with Gasteiger partial charge in [-0.25, -0.2) is 26.0 Å². The largest absolute Gasteiger partial charge is 0.726 e. The van der Waals surface area contributed by atoms with E-state index in [2.05, 4.69) is 64.6 Å². The van der Waals surface area contributed by atoms with Gasteiger partial charge in [0, 0.05) is 72.1 Å². The van der Waals surface area contributed by atoms with Gasteiger partial charge >= 0.3 is 0 Å². The lowest BCUT2D eigenvalue weighted by Gasteiger charge is -2.06. The number of hydrogen-bond donors (Lipinski definition) is 2. The van der Waals surface area contributed by atoms with Gasteiger partial charge in [-0.2, -0.15) is 0 Å². The third kappa shape index (κ3) is 20.7. The summed E-state index contributed by atoms with van der Waals surface area (Å²) in [5, 5.41) is 5.90. The summed E-state index contributed by atoms with van der Waals surface area (Å²) in [6.45, 7) is 0. The molecule has 0 aliphatic carbocycles. The molecule has 2 amide bonds. The fraction of sp³-hybridized carbons (Fsp3) is 0.222. The first-order valence-electron chi connectivity index (χ1n) is 15.9. The minimum atomic E-state index is -4.41. The number of anilines is 2. The predicted molar refractivity (Wildman–Crippen MR) is 211 cm³/mol. The molecule has 0 saturated carbocycles. The fourth-order valence-electron chi connectivity index (χ4n) is 3.97. The number of rotatable bonds is 15. The van der Waals surface area contributed by atoms with Crippen molar-refractivity contribution in [2.75, 3.05) is 36.4 Å². The Morgan fingerprint density at radius 1 is 0.611 bits per heavy atom. The molecule has 0 spiro atoms. The second kappa shape index (κ2) is 24.1. The van der Waals surface area contributed by atoms with Crippen molar-refractivity contribution in [3.05, 3.63) is 120 Å². The van der Waals surface area contributed by atoms with E-state index in [1.807, 2.05) is 99.3 Å². The second-order valence-corrected chi connectivity index (χ2v) is 15.8. The van der Waals surface area contributed by atoms with Crippen molar-refractivity contribution in [3.63, 3.8) is 0 Å². The van der Waals surface area contributed by atoms with E-state index in [1.54, 1.807) is 21.6 Å². The molecule has 14 nitrogen and oxygen atoms in total. The molecule has 0 radical (unpaired) electrons. The summed E-state index contributed by atoms with van der Waals surface area (Å²) in [4.78, 5) is 24.6. The average Bonchev–Trinajstić information content (AvgIpc) is 3.13. The van der Waals surface area contributed by atoms with E-state index >= 15 is 0 Å². The van der Waals surface area contributed by atoms with Crippen molar-refractivity contribution in [1.82, 2.24) is 0 Å². The van der Waals surface area contributed by atoms with E-state index in [0.29, 0.717) is 24.3 Å². The molecule has 4 aromatic rings. The molecule has 0 atom stereocenters. The van der Waals surface area contributed by atoms with Crippen molar-refractivity contribution in [3.8, 4) is 0 Å². The Morgan fingerprint density at radius 3 is 1.24 bits per heavy atom. The molecule has 4 rings (SSSR count). The first-order chi connectivity index (χ1) is 25.6. The van der Waals surface area contributed by atoms with Crippen molar-refractivity contribution in [1.29, 1.82) is 0 Å². The Bertz CT molecular complexity index is 1910. The summed E-state index contributed by atoms with van der Waals surface area (Å²) in [5.74, 6) is 1.33. The molecule has 290 valence electrons. The summed E-state index contributed by atoms with van der Waals surface area (Å²) >= 11 is 0. The van der Waals surface area contributed by atoms with Gasteiger partial charge in [0.05, 0.1) is 14.2 Å². The normalized spacial score (nSPS) is 11.3. The molecule has 0 aliphatic heterocycles. The van der Waals surface area contributed by atoms with Crippen LogP contribution in [0.3, 0.4) is 0 Å². The molecule has 2 aromatic heterocycles. The monoisotopic (exact) mass is 818 g/mol. The van der Waals surface area contributed by atoms with E-state index in [0.717, 1.165) is 48.1 Å². The van der Waals surface area contributed by atoms with Crippen LogP contribution >= 0.6 is 21.6 Å². The summed E-state index contributed by atoms with van der Waals surface area (Å²) in [6.07, 6.45) is 13.1. The van der Waals surface area contributed by atoms with Crippen LogP contribution in [0.2, 0.25) is 0 Å². The van der Waals surface area contributed by atoms with Crippen LogP contribution in [-0.4, -0.2) is 63.5 Å². The van der Waals surface area contributed by atoms with Crippen molar-refractivity contribution < 1.29 is 53.0 Å². The van der Waals surface area contributed by atoms with Gasteiger partial charge in [-0.05, 0) is 59.7 Å². The number of aryl methyl sites for hydroxylation is 2. The number of nitrogens with one attached hydrogen (secondary N) is 2. The van der Waals surface area contributed by atoms with Crippen molar-refractivity contribution in [2.24, 2.45) is 14.1 Å². The number of pyridine rings is 2. The molecule has 2 aromatic carbocycles. The van der Waals surface area contributed by atoms with Gasteiger partial charge in [-0.15, -0.1) is 0 Å². The molecule has 2 heterocycles. The molecule has 0 aliphatic rings. The molecule has 54 heavy (non-hydrogen) atoms. The minimum absolute atomic E-state index is 0.0172. The van der Waals surface area contributed by atoms with Gasteiger partial charge in [-0.1, -0.05) is 45.9 Å². The maximum atomic E-state index is 12.3. The molecular formula is C36H42N4O10S4. The van der Waals surface area contributed by atoms with Gasteiger partial charge in [0.15, 0.2) is 12.4 Å². The summed E-state index contributed by atoms with van der Waals surface area (Å²) in [7, 11) is 0.0383. The lowest BCUT2D eigenvalue weighted by molar-refractivity contribution is -0.673. The van der Waals surface area contributed by atoms with E-state index in [9.17, 15) is 35.5 Å². The van der Waals surface area contributed by atoms with Crippen LogP contribution in [0, 0.1) is 0 Å². The topological polar surface area (TPSA) is 199 Å². The molecule has 0 saturated heterocycles. The summed E-state index contributed by atoms with van der Waals surface area (Å²) < 4.78 is 66.2. The minimum Gasteiger partial charge on any atom is -0.726 e. The summed E-state index contributed by atoms with van der Waals surface area (Å²) in [6, 6.07) is 27.8. The van der Waals surface area contributed by atoms with Gasteiger partial charge in [0.2, 0.25) is 44.0 Å². The number of nitrogens with zero attached hydrogens (tertiary/aromatic N) is 2. The lowest BCUT2D eigenvalue weighted by Crippen LogP contribution is -2.30. The smallest absolute Gasteiger partial charge is 0.225 e. The predicted octanol–water partition coefficient (Wildman–Crippen LogP) is 4.60. The zero-order chi connectivity index (χ0) is 40.0. The maximum absolute atomic E-state index is 12.3. The SMILES string of the molecule is COS(=O)(=O)[O-].COS(=O)(=O)[O-].C[n+]1ccccc1/C=C/c1ccc(NC(=O)CCSSCCC(=O)Nc2ccc(/C=C/c3cccc[n+]3C)cc2)cc1. The van der Waals surface area contributed by atoms with Crippen LogP contribution in [-0.2, 0) is 52.8 Å². The van der Waals surface area contributed by atoms with Gasteiger partial charge < -0.3 is 19.7 Å². The Kier molecular flexibility index (Phi) is 20.4. The van der Waals surface area contributed by atoms with Crippen LogP contribution in [0.4, 0.5) is 11.4 Å². The number of benzene rings is 2. The Hall–Kier alpha value is -4.40. The van der Waals surface area contributed by atoms with E-state index in [-0.39, 0.29) is 11.8 Å². The molecular weight excluding hydrogens is 777 g/mol. The molecule has 0 bridgehead atoms. The summed E-state index contributed by atoms with van der Waals surface area (Å²) in [5.41, 5.74) is 5.92. The first kappa shape index (κ1) is 45.8. The van der Waals surface area contributed by atoms with Gasteiger partial charge in [0.1, 0.15) is 14.1 Å².